The van der Waals surface area contributed by atoms with Crippen LogP contribution in [0, 0.1) is 11.8 Å². The normalized spacial score (nSPS) is 9.83. The van der Waals surface area contributed by atoms with Gasteiger partial charge in [-0.05, 0) is 29.8 Å². The Balaban J connectivity index is 1.89. The number of hydrogen-bond donors (Lipinski definition) is 1. The van der Waals surface area contributed by atoms with Crippen LogP contribution in [0.15, 0.2) is 47.1 Å². The summed E-state index contributed by atoms with van der Waals surface area (Å²) in [4.78, 5) is 0. The molecule has 3 nitrogen and oxygen atoms in total. The first-order chi connectivity index (χ1) is 8.88. The average Bonchev–Trinajstić information content (AvgIpc) is 2.90. The van der Waals surface area contributed by atoms with E-state index in [1.54, 1.807) is 6.26 Å². The molecule has 0 saturated heterocycles. The molecular weight excluding hydrogens is 228 g/mol. The minimum Gasteiger partial charge on any atom is -0.467 e. The quantitative estimate of drug-likeness (QED) is 0.837. The first-order valence-corrected chi connectivity index (χ1v) is 5.67. The molecule has 0 aliphatic carbocycles. The molecule has 0 aliphatic rings. The predicted octanol–water partition coefficient (Wildman–Crippen LogP) is 2.34. The molecule has 0 saturated carbocycles. The van der Waals surface area contributed by atoms with Gasteiger partial charge < -0.3 is 14.3 Å². The van der Waals surface area contributed by atoms with E-state index in [0.29, 0.717) is 13.2 Å². The fraction of sp³-hybridized carbons (Fsp3) is 0.200. The van der Waals surface area contributed by atoms with Crippen LogP contribution in [-0.2, 0) is 18.0 Å². The fourth-order valence-electron chi connectivity index (χ4n) is 1.54. The zero-order valence-electron chi connectivity index (χ0n) is 9.93. The highest BCUT2D eigenvalue weighted by atomic mass is 16.5. The third kappa shape index (κ3) is 3.77. The second-order valence-electron chi connectivity index (χ2n) is 3.73. The minimum atomic E-state index is -0.126. The Morgan fingerprint density at radius 1 is 1.17 bits per heavy atom. The Labute approximate surface area is 106 Å². The fourth-order valence-corrected chi connectivity index (χ4v) is 1.54. The number of benzene rings is 1. The van der Waals surface area contributed by atoms with Gasteiger partial charge in [-0.1, -0.05) is 24.0 Å². The van der Waals surface area contributed by atoms with Gasteiger partial charge in [-0.3, -0.25) is 0 Å². The zero-order valence-corrected chi connectivity index (χ0v) is 9.93. The Morgan fingerprint density at radius 2 is 2.11 bits per heavy atom. The van der Waals surface area contributed by atoms with Gasteiger partial charge in [0.2, 0.25) is 0 Å². The van der Waals surface area contributed by atoms with Crippen LogP contribution in [0.1, 0.15) is 16.9 Å². The van der Waals surface area contributed by atoms with E-state index in [2.05, 4.69) is 11.8 Å². The molecular formula is C15H14O3. The summed E-state index contributed by atoms with van der Waals surface area (Å²) in [7, 11) is 0. The highest BCUT2D eigenvalue weighted by Crippen LogP contribution is 2.08. The second-order valence-corrected chi connectivity index (χ2v) is 3.73. The van der Waals surface area contributed by atoms with Crippen molar-refractivity contribution in [1.29, 1.82) is 0 Å². The van der Waals surface area contributed by atoms with Gasteiger partial charge in [-0.15, -0.1) is 0 Å². The van der Waals surface area contributed by atoms with E-state index in [9.17, 15) is 0 Å². The molecule has 92 valence electrons. The smallest absolute Gasteiger partial charge is 0.129 e. The van der Waals surface area contributed by atoms with E-state index < -0.39 is 0 Å². The molecule has 1 heterocycles. The molecule has 0 amide bonds. The molecule has 0 unspecified atom stereocenters. The van der Waals surface area contributed by atoms with Crippen LogP contribution in [0.5, 0.6) is 0 Å². The van der Waals surface area contributed by atoms with Crippen molar-refractivity contribution >= 4 is 0 Å². The summed E-state index contributed by atoms with van der Waals surface area (Å²) in [6.07, 6.45) is 1.63. The van der Waals surface area contributed by atoms with E-state index in [-0.39, 0.29) is 6.61 Å². The van der Waals surface area contributed by atoms with Gasteiger partial charge in [0.05, 0.1) is 12.9 Å². The Hall–Kier alpha value is -2.02. The monoisotopic (exact) mass is 242 g/mol. The van der Waals surface area contributed by atoms with Gasteiger partial charge in [-0.2, -0.15) is 0 Å². The number of aliphatic hydroxyl groups excluding tert-OH is 1. The van der Waals surface area contributed by atoms with Gasteiger partial charge in [0.25, 0.3) is 0 Å². The first-order valence-electron chi connectivity index (χ1n) is 5.67. The molecule has 0 atom stereocenters. The van der Waals surface area contributed by atoms with Crippen LogP contribution in [-0.4, -0.2) is 11.7 Å². The summed E-state index contributed by atoms with van der Waals surface area (Å²) in [6.45, 7) is 0.841. The van der Waals surface area contributed by atoms with Crippen LogP contribution in [0.25, 0.3) is 0 Å². The summed E-state index contributed by atoms with van der Waals surface area (Å²) >= 11 is 0. The summed E-state index contributed by atoms with van der Waals surface area (Å²) in [6, 6.07) is 11.5. The van der Waals surface area contributed by atoms with Gasteiger partial charge in [0, 0.05) is 5.56 Å². The van der Waals surface area contributed by atoms with Gasteiger partial charge >= 0.3 is 0 Å². The van der Waals surface area contributed by atoms with Crippen LogP contribution in [0.3, 0.4) is 0 Å². The maximum absolute atomic E-state index is 8.64. The van der Waals surface area contributed by atoms with Gasteiger partial charge in [-0.25, -0.2) is 0 Å². The number of hydrogen-bond acceptors (Lipinski definition) is 3. The predicted molar refractivity (Wildman–Crippen MR) is 67.6 cm³/mol. The highest BCUT2D eigenvalue weighted by molar-refractivity contribution is 5.36. The van der Waals surface area contributed by atoms with Crippen LogP contribution in [0.4, 0.5) is 0 Å². The molecule has 2 rings (SSSR count). The summed E-state index contributed by atoms with van der Waals surface area (Å²) < 4.78 is 10.7. The molecule has 0 radical (unpaired) electrons. The number of ether oxygens (including phenoxy) is 1. The summed E-state index contributed by atoms with van der Waals surface area (Å²) in [5, 5.41) is 8.64. The van der Waals surface area contributed by atoms with Crippen molar-refractivity contribution in [3.63, 3.8) is 0 Å². The van der Waals surface area contributed by atoms with Crippen molar-refractivity contribution < 1.29 is 14.3 Å². The number of furan rings is 1. The average molecular weight is 242 g/mol. The first kappa shape index (κ1) is 12.4. The minimum absolute atomic E-state index is 0.126. The van der Waals surface area contributed by atoms with Gasteiger partial charge in [0.15, 0.2) is 0 Å². The molecule has 0 fully saturated rings. The number of aliphatic hydroxyl groups is 1. The van der Waals surface area contributed by atoms with Crippen molar-refractivity contribution in [2.24, 2.45) is 0 Å². The van der Waals surface area contributed by atoms with Crippen LogP contribution >= 0.6 is 0 Å². The van der Waals surface area contributed by atoms with Crippen molar-refractivity contribution in [1.82, 2.24) is 0 Å². The number of rotatable bonds is 4. The standard InChI is InChI=1S/C15H14O3/c16-8-2-6-13-4-1-5-14(10-13)11-17-12-15-7-3-9-18-15/h1,3-5,7,9-10,16H,8,11-12H2. The Morgan fingerprint density at radius 3 is 2.89 bits per heavy atom. The van der Waals surface area contributed by atoms with Crippen molar-refractivity contribution in [2.45, 2.75) is 13.2 Å². The largest absolute Gasteiger partial charge is 0.467 e. The molecule has 18 heavy (non-hydrogen) atoms. The van der Waals surface area contributed by atoms with E-state index in [0.717, 1.165) is 16.9 Å². The zero-order chi connectivity index (χ0) is 12.6. The topological polar surface area (TPSA) is 42.6 Å². The molecule has 0 bridgehead atoms. The maximum Gasteiger partial charge on any atom is 0.129 e. The highest BCUT2D eigenvalue weighted by Gasteiger charge is 1.97. The van der Waals surface area contributed by atoms with E-state index in [4.69, 9.17) is 14.3 Å². The maximum atomic E-state index is 8.64. The molecule has 1 N–H and O–H groups in total. The van der Waals surface area contributed by atoms with Crippen molar-refractivity contribution in [3.8, 4) is 11.8 Å². The Kier molecular flexibility index (Phi) is 4.60. The molecule has 0 spiro atoms. The third-order valence-electron chi connectivity index (χ3n) is 2.33. The Bertz CT molecular complexity index is 532. The van der Waals surface area contributed by atoms with Gasteiger partial charge in [0.1, 0.15) is 19.0 Å². The SMILES string of the molecule is OCC#Cc1cccc(COCc2ccco2)c1. The molecule has 2 aromatic rings. The molecule has 1 aromatic carbocycles. The summed E-state index contributed by atoms with van der Waals surface area (Å²) in [5.41, 5.74) is 1.93. The lowest BCUT2D eigenvalue weighted by molar-refractivity contribution is 0.0929. The molecule has 0 aliphatic heterocycles. The van der Waals surface area contributed by atoms with Crippen LogP contribution < -0.4 is 0 Å². The third-order valence-corrected chi connectivity index (χ3v) is 2.33. The van der Waals surface area contributed by atoms with Crippen molar-refractivity contribution in [2.75, 3.05) is 6.61 Å². The summed E-state index contributed by atoms with van der Waals surface area (Å²) in [5.74, 6) is 6.30. The van der Waals surface area contributed by atoms with E-state index in [1.165, 1.54) is 0 Å². The van der Waals surface area contributed by atoms with E-state index >= 15 is 0 Å². The molecule has 3 heteroatoms. The lowest BCUT2D eigenvalue weighted by atomic mass is 10.1. The second kappa shape index (κ2) is 6.65. The lowest BCUT2D eigenvalue weighted by Gasteiger charge is -2.03. The van der Waals surface area contributed by atoms with E-state index in [1.807, 2.05) is 36.4 Å². The van der Waals surface area contributed by atoms with Crippen LogP contribution in [0.2, 0.25) is 0 Å². The van der Waals surface area contributed by atoms with Crippen molar-refractivity contribution in [3.05, 3.63) is 59.5 Å². The molecule has 1 aromatic heterocycles. The lowest BCUT2D eigenvalue weighted by Crippen LogP contribution is -1.93.